The molecule has 2 aromatic rings. The fraction of sp³-hybridized carbons (Fsp3) is 0.435. The Kier molecular flexibility index (Phi) is 9.76. The van der Waals surface area contributed by atoms with Crippen molar-refractivity contribution in [2.75, 3.05) is 6.54 Å². The zero-order valence-electron chi connectivity index (χ0n) is 16.7. The van der Waals surface area contributed by atoms with Crippen LogP contribution in [-0.2, 0) is 9.59 Å². The highest BCUT2D eigenvalue weighted by atomic mass is 16.2. The zero-order chi connectivity index (χ0) is 20.0. The second kappa shape index (κ2) is 12.7. The first kappa shape index (κ1) is 21.6. The Morgan fingerprint density at radius 3 is 2.43 bits per heavy atom. The fourth-order valence-corrected chi connectivity index (χ4v) is 3.09. The number of hydrogen-bond donors (Lipinski definition) is 2. The lowest BCUT2D eigenvalue weighted by atomic mass is 10.1. The standard InChI is InChI=1S/C23H31N3O2/c1-2-3-4-5-6-7-8-16-22(27)24-18-23(28)26-25-17-20-14-11-13-19-12-9-10-15-21(19)20/h9-15,17H,2-8,16,18H2,1H3,(H,24,27)(H,26,28)/b25-17+. The average Bonchev–Trinajstić information content (AvgIpc) is 2.72. The van der Waals surface area contributed by atoms with Gasteiger partial charge in [-0.2, -0.15) is 5.10 Å². The minimum absolute atomic E-state index is 0.0534. The largest absolute Gasteiger partial charge is 0.347 e. The van der Waals surface area contributed by atoms with Crippen molar-refractivity contribution in [2.24, 2.45) is 5.10 Å². The Morgan fingerprint density at radius 2 is 1.61 bits per heavy atom. The van der Waals surface area contributed by atoms with E-state index in [0.717, 1.165) is 29.2 Å². The molecule has 0 fully saturated rings. The minimum Gasteiger partial charge on any atom is -0.347 e. The predicted octanol–water partition coefficient (Wildman–Crippen LogP) is 4.55. The lowest BCUT2D eigenvalue weighted by Gasteiger charge is -2.05. The Balaban J connectivity index is 1.63. The van der Waals surface area contributed by atoms with E-state index in [2.05, 4.69) is 22.8 Å². The molecular formula is C23H31N3O2. The number of nitrogens with one attached hydrogen (secondary N) is 2. The molecule has 150 valence electrons. The number of hydrazone groups is 1. The normalized spacial score (nSPS) is 11.0. The number of hydrogen-bond acceptors (Lipinski definition) is 3. The van der Waals surface area contributed by atoms with Crippen LogP contribution in [-0.4, -0.2) is 24.6 Å². The molecule has 0 atom stereocenters. The summed E-state index contributed by atoms with van der Waals surface area (Å²) in [5.74, 6) is -0.411. The summed E-state index contributed by atoms with van der Waals surface area (Å²) < 4.78 is 0. The van der Waals surface area contributed by atoms with E-state index < -0.39 is 0 Å². The van der Waals surface area contributed by atoms with Crippen LogP contribution in [0, 0.1) is 0 Å². The third-order valence-corrected chi connectivity index (χ3v) is 4.67. The zero-order valence-corrected chi connectivity index (χ0v) is 16.7. The van der Waals surface area contributed by atoms with Crippen molar-refractivity contribution in [3.8, 4) is 0 Å². The molecule has 0 spiro atoms. The highest BCUT2D eigenvalue weighted by Gasteiger charge is 2.05. The van der Waals surface area contributed by atoms with E-state index in [4.69, 9.17) is 0 Å². The van der Waals surface area contributed by atoms with Gasteiger partial charge >= 0.3 is 0 Å². The van der Waals surface area contributed by atoms with E-state index in [1.165, 1.54) is 32.1 Å². The van der Waals surface area contributed by atoms with E-state index in [1.807, 2.05) is 42.5 Å². The molecule has 0 aliphatic carbocycles. The second-order valence-electron chi connectivity index (χ2n) is 7.01. The molecule has 28 heavy (non-hydrogen) atoms. The predicted molar refractivity (Wildman–Crippen MR) is 115 cm³/mol. The number of fused-ring (bicyclic) bond motifs is 1. The second-order valence-corrected chi connectivity index (χ2v) is 7.01. The van der Waals surface area contributed by atoms with E-state index in [1.54, 1.807) is 6.21 Å². The van der Waals surface area contributed by atoms with E-state index in [0.29, 0.717) is 6.42 Å². The lowest BCUT2D eigenvalue weighted by molar-refractivity contribution is -0.126. The number of carbonyl (C=O) groups is 2. The Hall–Kier alpha value is -2.69. The highest BCUT2D eigenvalue weighted by molar-refractivity contribution is 6.00. The topological polar surface area (TPSA) is 70.6 Å². The minimum atomic E-state index is -0.329. The first-order valence-corrected chi connectivity index (χ1v) is 10.3. The summed E-state index contributed by atoms with van der Waals surface area (Å²) in [4.78, 5) is 23.6. The molecule has 0 aromatic heterocycles. The molecule has 2 N–H and O–H groups in total. The van der Waals surface area contributed by atoms with E-state index >= 15 is 0 Å². The summed E-state index contributed by atoms with van der Waals surface area (Å²) in [5.41, 5.74) is 3.39. The van der Waals surface area contributed by atoms with Crippen molar-refractivity contribution in [2.45, 2.75) is 58.3 Å². The quantitative estimate of drug-likeness (QED) is 0.322. The first-order chi connectivity index (χ1) is 13.7. The molecule has 0 saturated carbocycles. The molecule has 2 aromatic carbocycles. The smallest absolute Gasteiger partial charge is 0.259 e. The van der Waals surface area contributed by atoms with Gasteiger partial charge in [-0.05, 0) is 17.2 Å². The highest BCUT2D eigenvalue weighted by Crippen LogP contribution is 2.16. The van der Waals surface area contributed by atoms with Crippen LogP contribution in [0.5, 0.6) is 0 Å². The van der Waals surface area contributed by atoms with Crippen molar-refractivity contribution < 1.29 is 9.59 Å². The molecule has 5 nitrogen and oxygen atoms in total. The summed E-state index contributed by atoms with van der Waals surface area (Å²) in [6.07, 6.45) is 10.3. The summed E-state index contributed by atoms with van der Waals surface area (Å²) in [6, 6.07) is 13.9. The van der Waals surface area contributed by atoms with Gasteiger partial charge in [0, 0.05) is 12.0 Å². The molecule has 5 heteroatoms. The maximum absolute atomic E-state index is 11.8. The van der Waals surface area contributed by atoms with Gasteiger partial charge in [-0.1, -0.05) is 87.9 Å². The van der Waals surface area contributed by atoms with Crippen molar-refractivity contribution in [1.29, 1.82) is 0 Å². The van der Waals surface area contributed by atoms with Crippen molar-refractivity contribution >= 4 is 28.8 Å². The lowest BCUT2D eigenvalue weighted by Crippen LogP contribution is -2.34. The van der Waals surface area contributed by atoms with Gasteiger partial charge in [0.15, 0.2) is 0 Å². The maximum atomic E-state index is 11.8. The summed E-state index contributed by atoms with van der Waals surface area (Å²) in [7, 11) is 0. The molecule has 2 rings (SSSR count). The number of rotatable bonds is 12. The SMILES string of the molecule is CCCCCCCCCC(=O)NCC(=O)N/N=C/c1cccc2ccccc12. The molecule has 0 saturated heterocycles. The van der Waals surface area contributed by atoms with Gasteiger partial charge in [0.25, 0.3) is 5.91 Å². The Labute approximate surface area is 167 Å². The third-order valence-electron chi connectivity index (χ3n) is 4.67. The van der Waals surface area contributed by atoms with Gasteiger partial charge in [0.1, 0.15) is 0 Å². The van der Waals surface area contributed by atoms with Crippen LogP contribution in [0.2, 0.25) is 0 Å². The van der Waals surface area contributed by atoms with Crippen LogP contribution in [0.15, 0.2) is 47.6 Å². The molecule has 0 aliphatic rings. The number of amides is 2. The maximum Gasteiger partial charge on any atom is 0.259 e. The molecule has 0 unspecified atom stereocenters. The number of benzene rings is 2. The molecule has 0 radical (unpaired) electrons. The van der Waals surface area contributed by atoms with Crippen LogP contribution in [0.25, 0.3) is 10.8 Å². The monoisotopic (exact) mass is 381 g/mol. The van der Waals surface area contributed by atoms with Crippen molar-refractivity contribution in [3.63, 3.8) is 0 Å². The van der Waals surface area contributed by atoms with Crippen LogP contribution in [0.1, 0.15) is 63.9 Å². The van der Waals surface area contributed by atoms with Gasteiger partial charge in [-0.25, -0.2) is 5.43 Å². The first-order valence-electron chi connectivity index (χ1n) is 10.3. The van der Waals surface area contributed by atoms with Crippen molar-refractivity contribution in [1.82, 2.24) is 10.7 Å². The van der Waals surface area contributed by atoms with Crippen LogP contribution in [0.4, 0.5) is 0 Å². The Morgan fingerprint density at radius 1 is 0.893 bits per heavy atom. The number of carbonyl (C=O) groups excluding carboxylic acids is 2. The van der Waals surface area contributed by atoms with Crippen LogP contribution < -0.4 is 10.7 Å². The summed E-state index contributed by atoms with van der Waals surface area (Å²) in [5, 5.41) is 8.85. The Bertz CT molecular complexity index is 781. The van der Waals surface area contributed by atoms with Gasteiger partial charge in [-0.15, -0.1) is 0 Å². The molecule has 2 amide bonds. The van der Waals surface area contributed by atoms with Crippen molar-refractivity contribution in [3.05, 3.63) is 48.0 Å². The van der Waals surface area contributed by atoms with E-state index in [-0.39, 0.29) is 18.4 Å². The molecule has 0 bridgehead atoms. The average molecular weight is 382 g/mol. The molecular weight excluding hydrogens is 350 g/mol. The number of unbranched alkanes of at least 4 members (excludes halogenated alkanes) is 6. The van der Waals surface area contributed by atoms with Crippen LogP contribution >= 0.6 is 0 Å². The summed E-state index contributed by atoms with van der Waals surface area (Å²) in [6.45, 7) is 2.15. The van der Waals surface area contributed by atoms with Gasteiger partial charge in [0.2, 0.25) is 5.91 Å². The van der Waals surface area contributed by atoms with E-state index in [9.17, 15) is 9.59 Å². The van der Waals surface area contributed by atoms with Gasteiger partial charge in [-0.3, -0.25) is 9.59 Å². The summed E-state index contributed by atoms with van der Waals surface area (Å²) >= 11 is 0. The number of nitrogens with zero attached hydrogens (tertiary/aromatic N) is 1. The molecule has 0 aliphatic heterocycles. The fourth-order valence-electron chi connectivity index (χ4n) is 3.09. The molecule has 0 heterocycles. The van der Waals surface area contributed by atoms with Crippen LogP contribution in [0.3, 0.4) is 0 Å². The third kappa shape index (κ3) is 7.91. The van der Waals surface area contributed by atoms with Gasteiger partial charge in [0.05, 0.1) is 12.8 Å². The van der Waals surface area contributed by atoms with Gasteiger partial charge < -0.3 is 5.32 Å².